The molecule has 0 spiro atoms. The first-order valence-corrected chi connectivity index (χ1v) is 7.81. The molecule has 0 aliphatic heterocycles. The maximum absolute atomic E-state index is 11.9. The highest BCUT2D eigenvalue weighted by molar-refractivity contribution is 14.1. The van der Waals surface area contributed by atoms with Gasteiger partial charge in [-0.2, -0.15) is 0 Å². The summed E-state index contributed by atoms with van der Waals surface area (Å²) in [6, 6.07) is 7.33. The first-order chi connectivity index (χ1) is 9.92. The molecule has 2 amide bonds. The predicted octanol–water partition coefficient (Wildman–Crippen LogP) is 2.34. The van der Waals surface area contributed by atoms with E-state index in [0.717, 1.165) is 9.99 Å². The molecule has 1 aromatic rings. The van der Waals surface area contributed by atoms with Gasteiger partial charge in [0.2, 0.25) is 5.91 Å². The van der Waals surface area contributed by atoms with Gasteiger partial charge in [0.15, 0.2) is 0 Å². The molecule has 5 nitrogen and oxygen atoms in total. The monoisotopic (exact) mass is 401 g/mol. The molecule has 0 saturated carbocycles. The number of carbonyl (C=O) groups is 2. The van der Waals surface area contributed by atoms with E-state index in [-0.39, 0.29) is 17.9 Å². The Kier molecular flexibility index (Phi) is 7.21. The summed E-state index contributed by atoms with van der Waals surface area (Å²) in [4.78, 5) is 23.5. The minimum atomic E-state index is -0.249. The quantitative estimate of drug-likeness (QED) is 0.390. The lowest BCUT2D eigenvalue weighted by atomic mass is 10.2. The van der Waals surface area contributed by atoms with Gasteiger partial charge in [0.25, 0.3) is 5.91 Å². The third-order valence-corrected chi connectivity index (χ3v) is 3.55. The zero-order valence-corrected chi connectivity index (χ0v) is 14.5. The van der Waals surface area contributed by atoms with E-state index in [1.165, 1.54) is 6.08 Å². The summed E-state index contributed by atoms with van der Waals surface area (Å²) in [5.41, 5.74) is 6.39. The number of allylic oxidation sites excluding steroid dienone is 1. The number of benzene rings is 1. The molecule has 3 N–H and O–H groups in total. The number of hydrogen-bond acceptors (Lipinski definition) is 3. The van der Waals surface area contributed by atoms with Gasteiger partial charge in [0.05, 0.1) is 0 Å². The van der Waals surface area contributed by atoms with Crippen molar-refractivity contribution in [1.82, 2.24) is 16.2 Å². The largest absolute Gasteiger partial charge is 0.350 e. The van der Waals surface area contributed by atoms with Gasteiger partial charge in [-0.25, -0.2) is 0 Å². The number of hydrogen-bond donors (Lipinski definition) is 3. The van der Waals surface area contributed by atoms with Crippen molar-refractivity contribution >= 4 is 34.4 Å². The van der Waals surface area contributed by atoms with Crippen molar-refractivity contribution in [2.45, 2.75) is 33.2 Å². The zero-order chi connectivity index (χ0) is 15.8. The van der Waals surface area contributed by atoms with E-state index in [4.69, 9.17) is 0 Å². The second-order valence-electron chi connectivity index (χ2n) is 4.73. The fraction of sp³-hybridized carbons (Fsp3) is 0.333. The molecule has 0 heterocycles. The Morgan fingerprint density at radius 3 is 2.43 bits per heavy atom. The second kappa shape index (κ2) is 8.66. The Morgan fingerprint density at radius 1 is 1.24 bits per heavy atom. The van der Waals surface area contributed by atoms with Crippen molar-refractivity contribution in [2.24, 2.45) is 0 Å². The molecule has 0 bridgehead atoms. The molecule has 21 heavy (non-hydrogen) atoms. The second-order valence-corrected chi connectivity index (χ2v) is 5.98. The van der Waals surface area contributed by atoms with E-state index in [2.05, 4.69) is 38.8 Å². The number of nitrogens with one attached hydrogen (secondary N) is 3. The Bertz CT molecular complexity index is 526. The summed E-state index contributed by atoms with van der Waals surface area (Å²) in [7, 11) is 0. The minimum Gasteiger partial charge on any atom is -0.350 e. The van der Waals surface area contributed by atoms with Gasteiger partial charge in [0.1, 0.15) is 0 Å². The van der Waals surface area contributed by atoms with Crippen LogP contribution in [0, 0.1) is 3.57 Å². The highest BCUT2D eigenvalue weighted by atomic mass is 127. The maximum atomic E-state index is 11.9. The number of halogens is 1. The van der Waals surface area contributed by atoms with Crippen LogP contribution in [0.25, 0.3) is 0 Å². The average Bonchev–Trinajstić information content (AvgIpc) is 2.45. The van der Waals surface area contributed by atoms with Crippen LogP contribution < -0.4 is 16.2 Å². The predicted molar refractivity (Wildman–Crippen MR) is 91.4 cm³/mol. The highest BCUT2D eigenvalue weighted by Crippen LogP contribution is 2.06. The standard InChI is InChI=1S/C15H20IN3O2/c1-4-10(2)17-14(20)9-11(3)18-19-15(21)12-5-7-13(16)8-6-12/h5-10,18H,4H2,1-3H3,(H,17,20)(H,19,21). The molecule has 1 rings (SSSR count). The van der Waals surface area contributed by atoms with Gasteiger partial charge in [-0.15, -0.1) is 0 Å². The number of amides is 2. The summed E-state index contributed by atoms with van der Waals surface area (Å²) in [6.45, 7) is 5.65. The van der Waals surface area contributed by atoms with E-state index in [9.17, 15) is 9.59 Å². The van der Waals surface area contributed by atoms with E-state index >= 15 is 0 Å². The van der Waals surface area contributed by atoms with E-state index in [0.29, 0.717) is 11.3 Å². The number of rotatable bonds is 6. The summed E-state index contributed by atoms with van der Waals surface area (Å²) in [6.07, 6.45) is 2.29. The summed E-state index contributed by atoms with van der Waals surface area (Å²) in [5.74, 6) is -0.431. The lowest BCUT2D eigenvalue weighted by molar-refractivity contribution is -0.117. The molecule has 1 atom stereocenters. The van der Waals surface area contributed by atoms with Crippen molar-refractivity contribution in [2.75, 3.05) is 0 Å². The summed E-state index contributed by atoms with van der Waals surface area (Å²) < 4.78 is 1.06. The minimum absolute atomic E-state index is 0.128. The van der Waals surface area contributed by atoms with Crippen LogP contribution in [0.15, 0.2) is 36.0 Å². The first-order valence-electron chi connectivity index (χ1n) is 6.73. The normalized spacial score (nSPS) is 12.5. The molecule has 0 saturated heterocycles. The van der Waals surface area contributed by atoms with Crippen LogP contribution in [0.1, 0.15) is 37.6 Å². The van der Waals surface area contributed by atoms with Crippen LogP contribution >= 0.6 is 22.6 Å². The Labute approximate surface area is 138 Å². The van der Waals surface area contributed by atoms with Crippen LogP contribution in [-0.2, 0) is 4.79 Å². The smallest absolute Gasteiger partial charge is 0.269 e. The fourth-order valence-electron chi connectivity index (χ4n) is 1.45. The van der Waals surface area contributed by atoms with Crippen molar-refractivity contribution in [1.29, 1.82) is 0 Å². The van der Waals surface area contributed by atoms with Gasteiger partial charge in [-0.1, -0.05) is 6.92 Å². The van der Waals surface area contributed by atoms with Gasteiger partial charge in [0, 0.05) is 26.9 Å². The van der Waals surface area contributed by atoms with E-state index in [1.807, 2.05) is 26.0 Å². The maximum Gasteiger partial charge on any atom is 0.269 e. The van der Waals surface area contributed by atoms with Gasteiger partial charge < -0.3 is 10.7 Å². The number of hydrazine groups is 1. The van der Waals surface area contributed by atoms with Crippen LogP contribution in [-0.4, -0.2) is 17.9 Å². The average molecular weight is 401 g/mol. The van der Waals surface area contributed by atoms with Crippen LogP contribution in [0.2, 0.25) is 0 Å². The summed E-state index contributed by atoms with van der Waals surface area (Å²) in [5, 5.41) is 2.82. The summed E-state index contributed by atoms with van der Waals surface area (Å²) >= 11 is 2.18. The van der Waals surface area contributed by atoms with Crippen molar-refractivity contribution in [3.05, 3.63) is 45.2 Å². The fourth-order valence-corrected chi connectivity index (χ4v) is 1.81. The van der Waals surface area contributed by atoms with Gasteiger partial charge >= 0.3 is 0 Å². The van der Waals surface area contributed by atoms with Crippen LogP contribution in [0.4, 0.5) is 0 Å². The van der Waals surface area contributed by atoms with Crippen LogP contribution in [0.5, 0.6) is 0 Å². The Morgan fingerprint density at radius 2 is 1.86 bits per heavy atom. The molecule has 0 radical (unpaired) electrons. The highest BCUT2D eigenvalue weighted by Gasteiger charge is 2.06. The number of carbonyl (C=O) groups excluding carboxylic acids is 2. The first kappa shape index (κ1) is 17.5. The van der Waals surface area contributed by atoms with Crippen LogP contribution in [0.3, 0.4) is 0 Å². The lowest BCUT2D eigenvalue weighted by Crippen LogP contribution is -2.37. The van der Waals surface area contributed by atoms with Crippen molar-refractivity contribution in [3.63, 3.8) is 0 Å². The molecule has 1 aromatic carbocycles. The molecular formula is C15H20IN3O2. The van der Waals surface area contributed by atoms with E-state index < -0.39 is 0 Å². The molecule has 1 unspecified atom stereocenters. The zero-order valence-electron chi connectivity index (χ0n) is 12.4. The topological polar surface area (TPSA) is 70.2 Å². The van der Waals surface area contributed by atoms with Crippen molar-refractivity contribution < 1.29 is 9.59 Å². The molecule has 114 valence electrons. The molecule has 0 aliphatic rings. The molecule has 0 fully saturated rings. The third-order valence-electron chi connectivity index (χ3n) is 2.83. The molecular weight excluding hydrogens is 381 g/mol. The third kappa shape index (κ3) is 6.61. The van der Waals surface area contributed by atoms with Gasteiger partial charge in [-0.05, 0) is 67.1 Å². The lowest BCUT2D eigenvalue weighted by Gasteiger charge is -2.11. The molecule has 6 heteroatoms. The SMILES string of the molecule is CCC(C)NC(=O)C=C(C)NNC(=O)c1ccc(I)cc1. The Balaban J connectivity index is 2.48. The van der Waals surface area contributed by atoms with E-state index in [1.54, 1.807) is 19.1 Å². The molecule has 0 aliphatic carbocycles. The van der Waals surface area contributed by atoms with Gasteiger partial charge in [-0.3, -0.25) is 15.0 Å². The van der Waals surface area contributed by atoms with Crippen molar-refractivity contribution in [3.8, 4) is 0 Å². The molecule has 0 aromatic heterocycles. The Hall–Kier alpha value is -1.57.